The van der Waals surface area contributed by atoms with Crippen molar-refractivity contribution in [2.75, 3.05) is 40.9 Å². The van der Waals surface area contributed by atoms with Crippen molar-refractivity contribution in [3.8, 4) is 11.5 Å². The predicted octanol–water partition coefficient (Wildman–Crippen LogP) is 4.12. The van der Waals surface area contributed by atoms with Gasteiger partial charge in [0.05, 0.1) is 30.4 Å². The number of Topliss-reactive ketones (excluding diaryl/α,β-unsaturated/α-hetero) is 1. The Labute approximate surface area is 199 Å². The average Bonchev–Trinajstić information content (AvgIpc) is 3.04. The van der Waals surface area contributed by atoms with Crippen LogP contribution < -0.4 is 9.47 Å². The lowest BCUT2D eigenvalue weighted by Gasteiger charge is -2.26. The summed E-state index contributed by atoms with van der Waals surface area (Å²) in [5.74, 6) is -0.649. The number of likely N-dealkylation sites (tertiary alicyclic amines) is 1. The second-order valence-electron chi connectivity index (χ2n) is 8.00. The van der Waals surface area contributed by atoms with Gasteiger partial charge in [0, 0.05) is 12.1 Å². The first-order valence-electron chi connectivity index (χ1n) is 10.8. The number of amides is 1. The van der Waals surface area contributed by atoms with E-state index in [2.05, 4.69) is 0 Å². The summed E-state index contributed by atoms with van der Waals surface area (Å²) in [6, 6.07) is 11.2. The van der Waals surface area contributed by atoms with Crippen LogP contribution in [0.15, 0.2) is 48.0 Å². The number of hydrogen-bond acceptors (Lipinski definition) is 6. The number of aliphatic hydroxyl groups is 1. The first-order valence-corrected chi connectivity index (χ1v) is 11.2. The normalized spacial score (nSPS) is 17.6. The van der Waals surface area contributed by atoms with Gasteiger partial charge in [-0.15, -0.1) is 0 Å². The van der Waals surface area contributed by atoms with Crippen molar-refractivity contribution < 1.29 is 24.2 Å². The molecule has 1 unspecified atom stereocenters. The molecule has 7 nitrogen and oxygen atoms in total. The summed E-state index contributed by atoms with van der Waals surface area (Å²) in [7, 11) is 5.37. The van der Waals surface area contributed by atoms with Crippen molar-refractivity contribution in [2.45, 2.75) is 19.4 Å². The maximum absolute atomic E-state index is 13.1. The Kier molecular flexibility index (Phi) is 8.00. The number of methoxy groups -OCH3 is 1. The van der Waals surface area contributed by atoms with Gasteiger partial charge in [0.15, 0.2) is 0 Å². The van der Waals surface area contributed by atoms with Crippen molar-refractivity contribution in [1.29, 1.82) is 0 Å². The number of carbonyl (C=O) groups excluding carboxylic acids is 2. The van der Waals surface area contributed by atoms with Gasteiger partial charge in [-0.1, -0.05) is 23.7 Å². The van der Waals surface area contributed by atoms with E-state index in [0.717, 1.165) is 6.54 Å². The minimum Gasteiger partial charge on any atom is -0.507 e. The fraction of sp³-hybridized carbons (Fsp3) is 0.360. The minimum absolute atomic E-state index is 0.0304. The molecule has 176 valence electrons. The van der Waals surface area contributed by atoms with Gasteiger partial charge in [-0.25, -0.2) is 0 Å². The Morgan fingerprint density at radius 1 is 1.18 bits per heavy atom. The number of ketones is 1. The molecular weight excluding hydrogens is 444 g/mol. The predicted molar refractivity (Wildman–Crippen MR) is 128 cm³/mol. The third-order valence-corrected chi connectivity index (χ3v) is 5.77. The van der Waals surface area contributed by atoms with Crippen LogP contribution >= 0.6 is 11.6 Å². The summed E-state index contributed by atoms with van der Waals surface area (Å²) in [5, 5.41) is 11.6. The van der Waals surface area contributed by atoms with E-state index in [1.165, 1.54) is 12.0 Å². The Bertz CT molecular complexity index is 1070. The summed E-state index contributed by atoms with van der Waals surface area (Å²) < 4.78 is 10.9. The van der Waals surface area contributed by atoms with E-state index >= 15 is 0 Å². The molecule has 8 heteroatoms. The van der Waals surface area contributed by atoms with E-state index in [9.17, 15) is 14.7 Å². The van der Waals surface area contributed by atoms with Gasteiger partial charge < -0.3 is 24.4 Å². The zero-order valence-electron chi connectivity index (χ0n) is 19.3. The zero-order valence-corrected chi connectivity index (χ0v) is 20.1. The highest BCUT2D eigenvalue weighted by Gasteiger charge is 2.46. The maximum Gasteiger partial charge on any atom is 0.295 e. The highest BCUT2D eigenvalue weighted by molar-refractivity contribution is 6.46. The Morgan fingerprint density at radius 3 is 2.61 bits per heavy atom. The molecule has 2 aromatic rings. The Balaban J connectivity index is 2.13. The standard InChI is InChI=1S/C25H29ClN2O5/c1-5-33-18-9-6-8-16(14-18)22-21(23(29)17-10-11-19(26)20(15-17)32-4)24(30)25(31)28(22)13-7-12-27(2)3/h6,8-11,14-15,22,29H,5,7,12-13H2,1-4H3/b23-21-. The highest BCUT2D eigenvalue weighted by atomic mass is 35.5. The van der Waals surface area contributed by atoms with Crippen molar-refractivity contribution >= 4 is 29.1 Å². The molecule has 1 aliphatic rings. The molecule has 0 radical (unpaired) electrons. The number of ether oxygens (including phenoxy) is 2. The zero-order chi connectivity index (χ0) is 24.1. The van der Waals surface area contributed by atoms with E-state index in [0.29, 0.717) is 47.2 Å². The molecule has 0 bridgehead atoms. The van der Waals surface area contributed by atoms with Gasteiger partial charge in [-0.3, -0.25) is 9.59 Å². The summed E-state index contributed by atoms with van der Waals surface area (Å²) in [6.45, 7) is 3.49. The minimum atomic E-state index is -0.741. The maximum atomic E-state index is 13.1. The molecule has 1 atom stereocenters. The van der Waals surface area contributed by atoms with Crippen LogP contribution in [0.5, 0.6) is 11.5 Å². The summed E-state index contributed by atoms with van der Waals surface area (Å²) in [5.41, 5.74) is 1.06. The molecule has 1 heterocycles. The van der Waals surface area contributed by atoms with E-state index < -0.39 is 17.7 Å². The van der Waals surface area contributed by atoms with Gasteiger partial charge in [0.1, 0.15) is 17.3 Å². The van der Waals surface area contributed by atoms with E-state index in [1.807, 2.05) is 44.1 Å². The molecule has 2 aromatic carbocycles. The van der Waals surface area contributed by atoms with Crippen molar-refractivity contribution in [3.05, 3.63) is 64.2 Å². The first kappa shape index (κ1) is 24.6. The van der Waals surface area contributed by atoms with E-state index in [1.54, 1.807) is 24.3 Å². The van der Waals surface area contributed by atoms with Gasteiger partial charge in [0.2, 0.25) is 0 Å². The SMILES string of the molecule is CCOc1cccc(C2/C(=C(/O)c3ccc(Cl)c(OC)c3)C(=O)C(=O)N2CCCN(C)C)c1. The number of halogens is 1. The molecule has 0 spiro atoms. The summed E-state index contributed by atoms with van der Waals surface area (Å²) in [4.78, 5) is 29.7. The highest BCUT2D eigenvalue weighted by Crippen LogP contribution is 2.41. The van der Waals surface area contributed by atoms with Crippen LogP contribution in [0.25, 0.3) is 5.76 Å². The fourth-order valence-corrected chi connectivity index (χ4v) is 4.11. The third-order valence-electron chi connectivity index (χ3n) is 5.45. The summed E-state index contributed by atoms with van der Waals surface area (Å²) in [6.07, 6.45) is 0.677. The molecule has 1 fully saturated rings. The molecule has 0 saturated carbocycles. The van der Waals surface area contributed by atoms with Crippen LogP contribution in [0.2, 0.25) is 5.02 Å². The summed E-state index contributed by atoms with van der Waals surface area (Å²) >= 11 is 6.12. The second-order valence-corrected chi connectivity index (χ2v) is 8.41. The molecule has 1 saturated heterocycles. The van der Waals surface area contributed by atoms with E-state index in [-0.39, 0.29) is 11.3 Å². The topological polar surface area (TPSA) is 79.3 Å². The van der Waals surface area contributed by atoms with E-state index in [4.69, 9.17) is 21.1 Å². The van der Waals surface area contributed by atoms with Crippen molar-refractivity contribution in [2.24, 2.45) is 0 Å². The number of nitrogens with zero attached hydrogens (tertiary/aromatic N) is 2. The van der Waals surface area contributed by atoms with Crippen LogP contribution in [-0.2, 0) is 9.59 Å². The number of hydrogen-bond donors (Lipinski definition) is 1. The van der Waals surface area contributed by atoms with Gasteiger partial charge in [0.25, 0.3) is 11.7 Å². The smallest absolute Gasteiger partial charge is 0.295 e. The van der Waals surface area contributed by atoms with Crippen LogP contribution in [0.4, 0.5) is 0 Å². The number of carbonyl (C=O) groups is 2. The molecule has 0 aliphatic carbocycles. The number of benzene rings is 2. The molecular formula is C25H29ClN2O5. The molecule has 1 aliphatic heterocycles. The van der Waals surface area contributed by atoms with Crippen LogP contribution in [0.1, 0.15) is 30.5 Å². The molecule has 1 N–H and O–H groups in total. The van der Waals surface area contributed by atoms with Crippen LogP contribution in [-0.4, -0.2) is 67.5 Å². The lowest BCUT2D eigenvalue weighted by molar-refractivity contribution is -0.139. The monoisotopic (exact) mass is 472 g/mol. The lowest BCUT2D eigenvalue weighted by atomic mass is 9.95. The molecule has 3 rings (SSSR count). The largest absolute Gasteiger partial charge is 0.507 e. The quantitative estimate of drug-likeness (QED) is 0.336. The average molecular weight is 473 g/mol. The molecule has 0 aromatic heterocycles. The third kappa shape index (κ3) is 5.31. The lowest BCUT2D eigenvalue weighted by Crippen LogP contribution is -2.32. The second kappa shape index (κ2) is 10.7. The Hall–Kier alpha value is -3.03. The van der Waals surface area contributed by atoms with Gasteiger partial charge in [-0.05, 0) is 69.9 Å². The van der Waals surface area contributed by atoms with Crippen molar-refractivity contribution in [3.63, 3.8) is 0 Å². The first-order chi connectivity index (χ1) is 15.8. The number of aliphatic hydroxyl groups excluding tert-OH is 1. The van der Waals surface area contributed by atoms with Crippen molar-refractivity contribution in [1.82, 2.24) is 9.80 Å². The molecule has 1 amide bonds. The Morgan fingerprint density at radius 2 is 1.94 bits per heavy atom. The fourth-order valence-electron chi connectivity index (χ4n) is 3.92. The molecule has 33 heavy (non-hydrogen) atoms. The van der Waals surface area contributed by atoms with Crippen LogP contribution in [0, 0.1) is 0 Å². The van der Waals surface area contributed by atoms with Crippen LogP contribution in [0.3, 0.4) is 0 Å². The number of rotatable bonds is 9. The van der Waals surface area contributed by atoms with Gasteiger partial charge in [-0.2, -0.15) is 0 Å². The van der Waals surface area contributed by atoms with Gasteiger partial charge >= 0.3 is 0 Å².